The lowest BCUT2D eigenvalue weighted by Gasteiger charge is -2.25. The normalized spacial score (nSPS) is 23.6. The lowest BCUT2D eigenvalue weighted by atomic mass is 9.95. The highest BCUT2D eigenvalue weighted by molar-refractivity contribution is 6.20. The van der Waals surface area contributed by atoms with Gasteiger partial charge in [0.15, 0.2) is 0 Å². The van der Waals surface area contributed by atoms with Crippen molar-refractivity contribution in [3.63, 3.8) is 0 Å². The van der Waals surface area contributed by atoms with Gasteiger partial charge in [0.05, 0.1) is 6.42 Å². The van der Waals surface area contributed by atoms with Crippen molar-refractivity contribution < 1.29 is 9.90 Å². The number of nitrogens with one attached hydrogen (secondary N) is 1. The van der Waals surface area contributed by atoms with Gasteiger partial charge in [-0.1, -0.05) is 12.1 Å². The fraction of sp³-hybridized carbons (Fsp3) is 0.500. The molecule has 1 aliphatic carbocycles. The van der Waals surface area contributed by atoms with Gasteiger partial charge in [-0.2, -0.15) is 0 Å². The summed E-state index contributed by atoms with van der Waals surface area (Å²) in [5, 5.41) is 12.6. The first-order valence-electron chi connectivity index (χ1n) is 6.35. The first-order chi connectivity index (χ1) is 8.63. The average molecular weight is 268 g/mol. The zero-order valence-corrected chi connectivity index (χ0v) is 11.0. The molecule has 0 atom stereocenters. The molecule has 98 valence electrons. The third-order valence-corrected chi connectivity index (χ3v) is 3.73. The largest absolute Gasteiger partial charge is 0.508 e. The van der Waals surface area contributed by atoms with E-state index in [4.69, 9.17) is 11.6 Å². The SMILES string of the molecule is O=C(Cc1cccc(O)c1)NC1CCC(Cl)CC1. The quantitative estimate of drug-likeness (QED) is 0.827. The van der Waals surface area contributed by atoms with E-state index in [9.17, 15) is 9.90 Å². The number of carbonyl (C=O) groups excluding carboxylic acids is 1. The third-order valence-electron chi connectivity index (χ3n) is 3.30. The Morgan fingerprint density at radius 3 is 2.72 bits per heavy atom. The van der Waals surface area contributed by atoms with Crippen LogP contribution in [-0.4, -0.2) is 22.4 Å². The zero-order valence-electron chi connectivity index (χ0n) is 10.2. The Morgan fingerprint density at radius 2 is 2.06 bits per heavy atom. The number of hydrogen-bond donors (Lipinski definition) is 2. The number of alkyl halides is 1. The van der Waals surface area contributed by atoms with Gasteiger partial charge in [0.25, 0.3) is 0 Å². The van der Waals surface area contributed by atoms with Crippen LogP contribution in [0.3, 0.4) is 0 Å². The first kappa shape index (κ1) is 13.2. The van der Waals surface area contributed by atoms with E-state index >= 15 is 0 Å². The summed E-state index contributed by atoms with van der Waals surface area (Å²) < 4.78 is 0. The van der Waals surface area contributed by atoms with E-state index in [2.05, 4.69) is 5.32 Å². The Kier molecular flexibility index (Phi) is 4.48. The molecule has 0 spiro atoms. The van der Waals surface area contributed by atoms with Crippen LogP contribution in [0.15, 0.2) is 24.3 Å². The number of hydrogen-bond acceptors (Lipinski definition) is 2. The Labute approximate surface area is 112 Å². The maximum Gasteiger partial charge on any atom is 0.224 e. The molecule has 1 aromatic rings. The van der Waals surface area contributed by atoms with E-state index < -0.39 is 0 Å². The number of carbonyl (C=O) groups is 1. The number of phenols is 1. The molecule has 0 aliphatic heterocycles. The van der Waals surface area contributed by atoms with Crippen LogP contribution < -0.4 is 5.32 Å². The standard InChI is InChI=1S/C14H18ClNO2/c15-11-4-6-12(7-5-11)16-14(18)9-10-2-1-3-13(17)8-10/h1-3,8,11-12,17H,4-7,9H2,(H,16,18). The van der Waals surface area contributed by atoms with Crippen LogP contribution in [0.1, 0.15) is 31.2 Å². The fourth-order valence-corrected chi connectivity index (χ4v) is 2.58. The Balaban J connectivity index is 1.82. The fourth-order valence-electron chi connectivity index (χ4n) is 2.33. The van der Waals surface area contributed by atoms with Crippen molar-refractivity contribution in [3.05, 3.63) is 29.8 Å². The molecule has 3 nitrogen and oxygen atoms in total. The predicted molar refractivity (Wildman–Crippen MR) is 71.9 cm³/mol. The molecule has 1 amide bonds. The van der Waals surface area contributed by atoms with Crippen LogP contribution in [0.4, 0.5) is 0 Å². The Hall–Kier alpha value is -1.22. The van der Waals surface area contributed by atoms with Gasteiger partial charge >= 0.3 is 0 Å². The third kappa shape index (κ3) is 3.91. The molecular weight excluding hydrogens is 250 g/mol. The van der Waals surface area contributed by atoms with Crippen molar-refractivity contribution in [2.24, 2.45) is 0 Å². The second-order valence-electron chi connectivity index (χ2n) is 4.86. The maximum absolute atomic E-state index is 11.8. The first-order valence-corrected chi connectivity index (χ1v) is 6.78. The second-order valence-corrected chi connectivity index (χ2v) is 5.48. The van der Waals surface area contributed by atoms with Gasteiger partial charge in [-0.15, -0.1) is 11.6 Å². The summed E-state index contributed by atoms with van der Waals surface area (Å²) in [5.74, 6) is 0.210. The zero-order chi connectivity index (χ0) is 13.0. The highest BCUT2D eigenvalue weighted by Gasteiger charge is 2.20. The van der Waals surface area contributed by atoms with E-state index in [0.717, 1.165) is 31.2 Å². The topological polar surface area (TPSA) is 49.3 Å². The van der Waals surface area contributed by atoms with Gasteiger partial charge in [0.1, 0.15) is 5.75 Å². The van der Waals surface area contributed by atoms with Crippen LogP contribution in [0.5, 0.6) is 5.75 Å². The molecule has 18 heavy (non-hydrogen) atoms. The molecule has 2 N–H and O–H groups in total. The molecule has 1 fully saturated rings. The molecule has 0 aromatic heterocycles. The molecule has 0 heterocycles. The van der Waals surface area contributed by atoms with E-state index in [1.165, 1.54) is 0 Å². The lowest BCUT2D eigenvalue weighted by Crippen LogP contribution is -2.38. The number of halogens is 1. The number of rotatable bonds is 3. The summed E-state index contributed by atoms with van der Waals surface area (Å²) in [6, 6.07) is 7.06. The van der Waals surface area contributed by atoms with Crippen LogP contribution >= 0.6 is 11.6 Å². The Morgan fingerprint density at radius 1 is 1.33 bits per heavy atom. The van der Waals surface area contributed by atoms with Crippen molar-refractivity contribution in [1.29, 1.82) is 0 Å². The number of aromatic hydroxyl groups is 1. The van der Waals surface area contributed by atoms with Crippen LogP contribution in [0.2, 0.25) is 0 Å². The molecule has 0 unspecified atom stereocenters. The average Bonchev–Trinajstić information content (AvgIpc) is 2.32. The highest BCUT2D eigenvalue weighted by Crippen LogP contribution is 2.22. The van der Waals surface area contributed by atoms with Gasteiger partial charge in [0.2, 0.25) is 5.91 Å². The van der Waals surface area contributed by atoms with Crippen molar-refractivity contribution in [2.75, 3.05) is 0 Å². The molecule has 2 rings (SSSR count). The molecule has 0 bridgehead atoms. The summed E-state index contributed by atoms with van der Waals surface area (Å²) in [5.41, 5.74) is 0.832. The molecule has 4 heteroatoms. The molecule has 0 saturated heterocycles. The smallest absolute Gasteiger partial charge is 0.224 e. The van der Waals surface area contributed by atoms with Crippen molar-refractivity contribution >= 4 is 17.5 Å². The number of phenolic OH excluding ortho intramolecular Hbond substituents is 1. The lowest BCUT2D eigenvalue weighted by molar-refractivity contribution is -0.121. The van der Waals surface area contributed by atoms with Gasteiger partial charge in [-0.3, -0.25) is 4.79 Å². The molecule has 1 aliphatic rings. The highest BCUT2D eigenvalue weighted by atomic mass is 35.5. The summed E-state index contributed by atoms with van der Waals surface area (Å²) in [6.45, 7) is 0. The van der Waals surface area contributed by atoms with E-state index in [1.807, 2.05) is 6.07 Å². The van der Waals surface area contributed by atoms with Gasteiger partial charge in [-0.25, -0.2) is 0 Å². The minimum absolute atomic E-state index is 0.0126. The van der Waals surface area contributed by atoms with Crippen LogP contribution in [-0.2, 0) is 11.2 Å². The van der Waals surface area contributed by atoms with Gasteiger partial charge in [-0.05, 0) is 43.4 Å². The maximum atomic E-state index is 11.8. The molecular formula is C14H18ClNO2. The van der Waals surface area contributed by atoms with Gasteiger partial charge in [0, 0.05) is 11.4 Å². The van der Waals surface area contributed by atoms with Crippen molar-refractivity contribution in [2.45, 2.75) is 43.5 Å². The number of benzene rings is 1. The van der Waals surface area contributed by atoms with Crippen molar-refractivity contribution in [1.82, 2.24) is 5.32 Å². The number of amides is 1. The summed E-state index contributed by atoms with van der Waals surface area (Å²) >= 11 is 6.03. The second kappa shape index (κ2) is 6.10. The Bertz CT molecular complexity index is 414. The summed E-state index contributed by atoms with van der Waals surface area (Å²) in [7, 11) is 0. The minimum Gasteiger partial charge on any atom is -0.508 e. The van der Waals surface area contributed by atoms with Crippen LogP contribution in [0, 0.1) is 0 Å². The van der Waals surface area contributed by atoms with E-state index in [0.29, 0.717) is 6.42 Å². The van der Waals surface area contributed by atoms with Crippen LogP contribution in [0.25, 0.3) is 0 Å². The summed E-state index contributed by atoms with van der Waals surface area (Å²) in [6.07, 6.45) is 4.17. The molecule has 0 radical (unpaired) electrons. The molecule has 1 saturated carbocycles. The van der Waals surface area contributed by atoms with E-state index in [1.54, 1.807) is 18.2 Å². The monoisotopic (exact) mass is 267 g/mol. The van der Waals surface area contributed by atoms with E-state index in [-0.39, 0.29) is 23.1 Å². The van der Waals surface area contributed by atoms with Crippen molar-refractivity contribution in [3.8, 4) is 5.75 Å². The minimum atomic E-state index is 0.0126. The summed E-state index contributed by atoms with van der Waals surface area (Å²) in [4.78, 5) is 11.8. The molecule has 1 aromatic carbocycles. The van der Waals surface area contributed by atoms with Gasteiger partial charge < -0.3 is 10.4 Å². The predicted octanol–water partition coefficient (Wildman–Crippen LogP) is 2.60.